The molecular formula is C25H31N5O2. The number of carbonyl (C=O) groups excluding carboxylic acids is 1. The van der Waals surface area contributed by atoms with Gasteiger partial charge in [-0.2, -0.15) is 0 Å². The highest BCUT2D eigenvalue weighted by Crippen LogP contribution is 2.52. The first-order chi connectivity index (χ1) is 15.2. The SMILES string of the molecule is Cc1nc2c(nc1N1CCC3(CC1)Cc1ccccc1[C@H]3NC(=O)OC(C)(C)C)CN=C2. The van der Waals surface area contributed by atoms with Gasteiger partial charge in [-0.1, -0.05) is 24.3 Å². The maximum absolute atomic E-state index is 12.7. The van der Waals surface area contributed by atoms with Gasteiger partial charge in [-0.15, -0.1) is 0 Å². The highest BCUT2D eigenvalue weighted by atomic mass is 16.6. The van der Waals surface area contributed by atoms with Crippen LogP contribution in [0.2, 0.25) is 0 Å². The molecule has 0 saturated carbocycles. The third kappa shape index (κ3) is 3.74. The van der Waals surface area contributed by atoms with Crippen LogP contribution in [0, 0.1) is 12.3 Å². The van der Waals surface area contributed by atoms with Crippen LogP contribution in [0.4, 0.5) is 10.6 Å². The Morgan fingerprint density at radius 3 is 2.69 bits per heavy atom. The molecule has 5 rings (SSSR count). The fourth-order valence-corrected chi connectivity index (χ4v) is 5.37. The number of fused-ring (bicyclic) bond motifs is 2. The zero-order chi connectivity index (χ0) is 22.5. The summed E-state index contributed by atoms with van der Waals surface area (Å²) in [7, 11) is 0. The Kier molecular flexibility index (Phi) is 4.95. The number of aliphatic imine (C=N–C) groups is 1. The summed E-state index contributed by atoms with van der Waals surface area (Å²) < 4.78 is 5.61. The minimum atomic E-state index is -0.522. The van der Waals surface area contributed by atoms with Crippen LogP contribution in [0.3, 0.4) is 0 Å². The highest BCUT2D eigenvalue weighted by Gasteiger charge is 2.49. The van der Waals surface area contributed by atoms with Gasteiger partial charge in [-0.3, -0.25) is 4.99 Å². The molecule has 0 bridgehead atoms. The third-order valence-corrected chi connectivity index (χ3v) is 6.84. The Hall–Kier alpha value is -2.96. The van der Waals surface area contributed by atoms with Crippen molar-refractivity contribution >= 4 is 18.1 Å². The molecule has 1 saturated heterocycles. The second-order valence-electron chi connectivity index (χ2n) is 10.2. The fraction of sp³-hybridized carbons (Fsp3) is 0.520. The van der Waals surface area contributed by atoms with Gasteiger partial charge in [0.05, 0.1) is 24.0 Å². The number of carbonyl (C=O) groups is 1. The number of hydrogen-bond donors (Lipinski definition) is 1. The molecule has 1 N–H and O–H groups in total. The molecule has 3 aliphatic rings. The Balaban J connectivity index is 1.37. The Morgan fingerprint density at radius 1 is 1.19 bits per heavy atom. The lowest BCUT2D eigenvalue weighted by atomic mass is 9.72. The number of rotatable bonds is 2. The number of benzene rings is 1. The monoisotopic (exact) mass is 433 g/mol. The van der Waals surface area contributed by atoms with E-state index in [1.165, 1.54) is 11.1 Å². The van der Waals surface area contributed by atoms with Gasteiger partial charge in [0, 0.05) is 24.7 Å². The molecule has 0 unspecified atom stereocenters. The van der Waals surface area contributed by atoms with Crippen LogP contribution in [0.1, 0.15) is 67.9 Å². The summed E-state index contributed by atoms with van der Waals surface area (Å²) in [5.74, 6) is 0.969. The van der Waals surface area contributed by atoms with E-state index in [0.717, 1.165) is 55.3 Å². The predicted octanol–water partition coefficient (Wildman–Crippen LogP) is 4.13. The highest BCUT2D eigenvalue weighted by molar-refractivity contribution is 5.81. The van der Waals surface area contributed by atoms with Gasteiger partial charge in [-0.25, -0.2) is 14.8 Å². The van der Waals surface area contributed by atoms with Crippen molar-refractivity contribution in [3.63, 3.8) is 0 Å². The third-order valence-electron chi connectivity index (χ3n) is 6.84. The zero-order valence-corrected chi connectivity index (χ0v) is 19.3. The average Bonchev–Trinajstić information content (AvgIpc) is 3.29. The molecule has 1 amide bonds. The van der Waals surface area contributed by atoms with E-state index >= 15 is 0 Å². The molecule has 3 heterocycles. The summed E-state index contributed by atoms with van der Waals surface area (Å²) in [6.45, 7) is 10.1. The lowest BCUT2D eigenvalue weighted by molar-refractivity contribution is 0.0428. The molecule has 1 fully saturated rings. The first-order valence-corrected chi connectivity index (χ1v) is 11.4. The van der Waals surface area contributed by atoms with Gasteiger partial charge in [0.2, 0.25) is 0 Å². The molecule has 1 aliphatic carbocycles. The van der Waals surface area contributed by atoms with E-state index in [2.05, 4.69) is 39.5 Å². The van der Waals surface area contributed by atoms with Crippen LogP contribution in [0.15, 0.2) is 29.3 Å². The van der Waals surface area contributed by atoms with E-state index in [9.17, 15) is 4.79 Å². The van der Waals surface area contributed by atoms with Crippen molar-refractivity contribution in [3.8, 4) is 0 Å². The molecule has 7 heteroatoms. The van der Waals surface area contributed by atoms with E-state index < -0.39 is 5.60 Å². The standard InChI is InChI=1S/C25H31N5O2/c1-16-22(28-20-15-26-14-19(20)27-16)30-11-9-25(10-12-30)13-17-7-5-6-8-18(17)21(25)29-23(31)32-24(2,3)4/h5-8,14,21H,9-13,15H2,1-4H3,(H,29,31)/t21-/m1/s1. The molecule has 168 valence electrons. The molecular weight excluding hydrogens is 402 g/mol. The molecule has 1 aromatic carbocycles. The van der Waals surface area contributed by atoms with Crippen LogP contribution in [0.25, 0.3) is 0 Å². The van der Waals surface area contributed by atoms with E-state index in [-0.39, 0.29) is 17.6 Å². The largest absolute Gasteiger partial charge is 0.444 e. The first kappa shape index (κ1) is 20.9. The van der Waals surface area contributed by atoms with Gasteiger partial charge in [-0.05, 0) is 58.1 Å². The van der Waals surface area contributed by atoms with Crippen LogP contribution in [0.5, 0.6) is 0 Å². The Morgan fingerprint density at radius 2 is 1.94 bits per heavy atom. The summed E-state index contributed by atoms with van der Waals surface area (Å²) in [5.41, 5.74) is 4.82. The van der Waals surface area contributed by atoms with Crippen LogP contribution < -0.4 is 10.2 Å². The fourth-order valence-electron chi connectivity index (χ4n) is 5.37. The molecule has 32 heavy (non-hydrogen) atoms. The maximum Gasteiger partial charge on any atom is 0.408 e. The second kappa shape index (κ2) is 7.57. The van der Waals surface area contributed by atoms with Crippen molar-refractivity contribution in [3.05, 3.63) is 52.5 Å². The normalized spacial score (nSPS) is 20.9. The zero-order valence-electron chi connectivity index (χ0n) is 19.3. The minimum Gasteiger partial charge on any atom is -0.444 e. The lowest BCUT2D eigenvalue weighted by Crippen LogP contribution is -2.48. The molecule has 7 nitrogen and oxygen atoms in total. The number of nitrogens with one attached hydrogen (secondary N) is 1. The van der Waals surface area contributed by atoms with Crippen molar-refractivity contribution in [2.75, 3.05) is 18.0 Å². The van der Waals surface area contributed by atoms with Gasteiger partial charge in [0.15, 0.2) is 0 Å². The van der Waals surface area contributed by atoms with Crippen molar-refractivity contribution < 1.29 is 9.53 Å². The summed E-state index contributed by atoms with van der Waals surface area (Å²) >= 11 is 0. The maximum atomic E-state index is 12.7. The smallest absolute Gasteiger partial charge is 0.408 e. The summed E-state index contributed by atoms with van der Waals surface area (Å²) in [6.07, 6.45) is 4.38. The van der Waals surface area contributed by atoms with Crippen LogP contribution in [-0.2, 0) is 17.7 Å². The molecule has 1 atom stereocenters. The number of amides is 1. The average molecular weight is 434 g/mol. The number of aromatic nitrogens is 2. The van der Waals surface area contributed by atoms with Gasteiger partial charge < -0.3 is 15.0 Å². The number of alkyl carbamates (subject to hydrolysis) is 1. The van der Waals surface area contributed by atoms with Crippen molar-refractivity contribution in [1.29, 1.82) is 0 Å². The van der Waals surface area contributed by atoms with Gasteiger partial charge >= 0.3 is 6.09 Å². The molecule has 0 radical (unpaired) electrons. The van der Waals surface area contributed by atoms with Gasteiger partial charge in [0.1, 0.15) is 17.1 Å². The second-order valence-corrected chi connectivity index (χ2v) is 10.2. The summed E-state index contributed by atoms with van der Waals surface area (Å²) in [4.78, 5) is 29.0. The molecule has 2 aromatic rings. The van der Waals surface area contributed by atoms with Crippen molar-refractivity contribution in [2.24, 2.45) is 10.4 Å². The number of hydrogen-bond acceptors (Lipinski definition) is 6. The van der Waals surface area contributed by atoms with Crippen LogP contribution in [-0.4, -0.2) is 41.0 Å². The summed E-state index contributed by atoms with van der Waals surface area (Å²) in [6, 6.07) is 8.44. The van der Waals surface area contributed by atoms with Crippen LogP contribution >= 0.6 is 0 Å². The quantitative estimate of drug-likeness (QED) is 0.770. The van der Waals surface area contributed by atoms with E-state index in [0.29, 0.717) is 6.54 Å². The first-order valence-electron chi connectivity index (χ1n) is 11.4. The summed E-state index contributed by atoms with van der Waals surface area (Å²) in [5, 5.41) is 3.23. The number of anilines is 1. The Bertz CT molecular complexity index is 1080. The van der Waals surface area contributed by atoms with E-state index in [1.807, 2.05) is 33.9 Å². The molecule has 1 aromatic heterocycles. The molecule has 2 aliphatic heterocycles. The number of piperidine rings is 1. The number of ether oxygens (including phenoxy) is 1. The van der Waals surface area contributed by atoms with E-state index in [1.54, 1.807) is 0 Å². The lowest BCUT2D eigenvalue weighted by Gasteiger charge is -2.44. The van der Waals surface area contributed by atoms with Gasteiger partial charge in [0.25, 0.3) is 0 Å². The van der Waals surface area contributed by atoms with Crippen molar-refractivity contribution in [1.82, 2.24) is 15.3 Å². The topological polar surface area (TPSA) is 79.7 Å². The van der Waals surface area contributed by atoms with E-state index in [4.69, 9.17) is 14.7 Å². The number of nitrogens with zero attached hydrogens (tertiary/aromatic N) is 4. The minimum absolute atomic E-state index is 0.0156. The predicted molar refractivity (Wildman–Crippen MR) is 124 cm³/mol. The number of aryl methyl sites for hydroxylation is 1. The van der Waals surface area contributed by atoms with Crippen molar-refractivity contribution in [2.45, 2.75) is 65.1 Å². The Labute approximate surface area is 189 Å². The molecule has 1 spiro atoms.